The highest BCUT2D eigenvalue weighted by Gasteiger charge is 2.58. The van der Waals surface area contributed by atoms with Crippen LogP contribution in [0.1, 0.15) is 120 Å². The average molecular weight is 588 g/mol. The van der Waals surface area contributed by atoms with E-state index in [4.69, 9.17) is 23.7 Å². The molecule has 5 rings (SSSR count). The zero-order valence-corrected chi connectivity index (χ0v) is 26.0. The molecule has 0 aromatic carbocycles. The molecule has 37 heavy (non-hydrogen) atoms. The van der Waals surface area contributed by atoms with Gasteiger partial charge >= 0.3 is 0 Å². The van der Waals surface area contributed by atoms with E-state index in [2.05, 4.69) is 57.5 Å². The van der Waals surface area contributed by atoms with Crippen molar-refractivity contribution >= 4 is 15.9 Å². The van der Waals surface area contributed by atoms with Crippen LogP contribution in [0, 0.1) is 0 Å². The highest BCUT2D eigenvalue weighted by molar-refractivity contribution is 9.09. The van der Waals surface area contributed by atoms with Crippen molar-refractivity contribution in [1.82, 2.24) is 0 Å². The molecule has 214 valence electrons. The Hall–Kier alpha value is 0.240. The van der Waals surface area contributed by atoms with Gasteiger partial charge in [-0.05, 0) is 120 Å². The van der Waals surface area contributed by atoms with Crippen LogP contribution in [0.4, 0.5) is 0 Å². The zero-order chi connectivity index (χ0) is 27.1. The Morgan fingerprint density at radius 1 is 0.622 bits per heavy atom. The standard InChI is InChI=1S/C30H51BrO6/c1-25(2,32)20-12-16-28(6,35-20)23-13-17-27(5,36-23)21-9-10-22(33-21)29(7)18-14-24-30(8,37-29)15-11-19(31)26(3,4)34-24/h19-24,32H,9-18H2,1-8H3/t19-,20+,21+,22+,23+,24+,27-,28-,29-,30-/m1/s1. The van der Waals surface area contributed by atoms with Crippen molar-refractivity contribution in [1.29, 1.82) is 0 Å². The Kier molecular flexibility index (Phi) is 7.30. The van der Waals surface area contributed by atoms with Gasteiger partial charge in [0.1, 0.15) is 0 Å². The maximum atomic E-state index is 10.5. The van der Waals surface area contributed by atoms with E-state index in [1.54, 1.807) is 0 Å². The van der Waals surface area contributed by atoms with Gasteiger partial charge in [0.05, 0.1) is 64.1 Å². The zero-order valence-electron chi connectivity index (χ0n) is 24.4. The van der Waals surface area contributed by atoms with E-state index in [9.17, 15) is 5.11 Å². The number of fused-ring (bicyclic) bond motifs is 1. The lowest BCUT2D eigenvalue weighted by Crippen LogP contribution is -2.59. The van der Waals surface area contributed by atoms with Gasteiger partial charge in [-0.25, -0.2) is 0 Å². The number of ether oxygens (including phenoxy) is 5. The lowest BCUT2D eigenvalue weighted by molar-refractivity contribution is -0.278. The summed E-state index contributed by atoms with van der Waals surface area (Å²) in [5.74, 6) is 0. The first-order valence-electron chi connectivity index (χ1n) is 14.7. The van der Waals surface area contributed by atoms with E-state index < -0.39 is 5.60 Å². The molecule has 6 nitrogen and oxygen atoms in total. The van der Waals surface area contributed by atoms with Gasteiger partial charge in [0, 0.05) is 4.83 Å². The van der Waals surface area contributed by atoms with Crippen LogP contribution in [0.15, 0.2) is 0 Å². The van der Waals surface area contributed by atoms with Gasteiger partial charge in [0.2, 0.25) is 0 Å². The monoisotopic (exact) mass is 586 g/mol. The van der Waals surface area contributed by atoms with E-state index in [0.29, 0.717) is 4.83 Å². The highest BCUT2D eigenvalue weighted by Crippen LogP contribution is 2.52. The third-order valence-corrected chi connectivity index (χ3v) is 12.2. The summed E-state index contributed by atoms with van der Waals surface area (Å²) in [7, 11) is 0. The molecule has 5 heterocycles. The molecule has 0 unspecified atom stereocenters. The molecule has 0 spiro atoms. The summed E-state index contributed by atoms with van der Waals surface area (Å²) in [6, 6.07) is 0. The second kappa shape index (κ2) is 9.39. The Balaban J connectivity index is 1.23. The van der Waals surface area contributed by atoms with Gasteiger partial charge in [-0.3, -0.25) is 0 Å². The van der Waals surface area contributed by atoms with Crippen molar-refractivity contribution in [2.75, 3.05) is 0 Å². The van der Waals surface area contributed by atoms with Gasteiger partial charge in [-0.2, -0.15) is 0 Å². The molecule has 7 heteroatoms. The second-order valence-corrected chi connectivity index (χ2v) is 15.8. The van der Waals surface area contributed by atoms with Crippen molar-refractivity contribution in [3.05, 3.63) is 0 Å². The summed E-state index contributed by atoms with van der Waals surface area (Å²) in [6.45, 7) is 17.0. The number of halogens is 1. The molecular formula is C30H51BrO6. The van der Waals surface area contributed by atoms with E-state index >= 15 is 0 Å². The maximum absolute atomic E-state index is 10.5. The Morgan fingerprint density at radius 3 is 1.73 bits per heavy atom. The van der Waals surface area contributed by atoms with Crippen molar-refractivity contribution in [2.45, 2.75) is 189 Å². The minimum atomic E-state index is -0.833. The molecular weight excluding hydrogens is 536 g/mol. The molecule has 0 amide bonds. The van der Waals surface area contributed by atoms with E-state index in [0.717, 1.165) is 64.2 Å². The minimum Gasteiger partial charge on any atom is -0.388 e. The third kappa shape index (κ3) is 5.22. The number of hydrogen-bond donors (Lipinski definition) is 1. The van der Waals surface area contributed by atoms with E-state index in [-0.39, 0.29) is 58.5 Å². The number of aliphatic hydroxyl groups is 1. The van der Waals surface area contributed by atoms with Gasteiger partial charge in [-0.1, -0.05) is 15.9 Å². The van der Waals surface area contributed by atoms with Gasteiger partial charge in [0.15, 0.2) is 0 Å². The van der Waals surface area contributed by atoms with Crippen LogP contribution in [-0.2, 0) is 23.7 Å². The fourth-order valence-corrected chi connectivity index (χ4v) is 8.19. The normalized spacial score (nSPS) is 52.7. The molecule has 0 aliphatic carbocycles. The molecule has 5 saturated heterocycles. The Morgan fingerprint density at radius 2 is 1.11 bits per heavy atom. The van der Waals surface area contributed by atoms with Crippen LogP contribution in [0.25, 0.3) is 0 Å². The first-order valence-corrected chi connectivity index (χ1v) is 15.7. The lowest BCUT2D eigenvalue weighted by atomic mass is 9.79. The molecule has 0 saturated carbocycles. The van der Waals surface area contributed by atoms with Crippen LogP contribution in [-0.4, -0.2) is 74.1 Å². The Bertz CT molecular complexity index is 859. The van der Waals surface area contributed by atoms with Gasteiger partial charge in [0.25, 0.3) is 0 Å². The third-order valence-electron chi connectivity index (χ3n) is 10.6. The fraction of sp³-hybridized carbons (Fsp3) is 1.00. The van der Waals surface area contributed by atoms with Gasteiger partial charge < -0.3 is 28.8 Å². The molecule has 0 aromatic rings. The van der Waals surface area contributed by atoms with Crippen LogP contribution < -0.4 is 0 Å². The molecule has 1 N–H and O–H groups in total. The summed E-state index contributed by atoms with van der Waals surface area (Å²) in [6.07, 6.45) is 9.74. The van der Waals surface area contributed by atoms with Crippen molar-refractivity contribution < 1.29 is 28.8 Å². The maximum Gasteiger partial charge on any atom is 0.0924 e. The minimum absolute atomic E-state index is 0.0253. The molecule has 0 bridgehead atoms. The molecule has 10 atom stereocenters. The SMILES string of the molecule is CC(C)(O)[C@@H]1CC[C@](C)([C@@H]2CC[C@](C)([C@@H]3CC[C@@H]([C@@]4(C)CC[C@@H]5OC(C)(C)[C@H](Br)CC[C@@]5(C)O4)O3)O2)O1. The van der Waals surface area contributed by atoms with Crippen molar-refractivity contribution in [3.8, 4) is 0 Å². The van der Waals surface area contributed by atoms with Crippen molar-refractivity contribution in [3.63, 3.8) is 0 Å². The van der Waals surface area contributed by atoms with Crippen LogP contribution in [0.5, 0.6) is 0 Å². The Labute approximate surface area is 233 Å². The smallest absolute Gasteiger partial charge is 0.0924 e. The quantitative estimate of drug-likeness (QED) is 0.394. The molecule has 0 aromatic heterocycles. The summed E-state index contributed by atoms with van der Waals surface area (Å²) in [5, 5.41) is 10.5. The number of rotatable bonds is 4. The summed E-state index contributed by atoms with van der Waals surface area (Å²) < 4.78 is 33.7. The predicted molar refractivity (Wildman–Crippen MR) is 147 cm³/mol. The molecule has 5 fully saturated rings. The number of alkyl halides is 1. The molecule has 5 aliphatic heterocycles. The predicted octanol–water partition coefficient (Wildman–Crippen LogP) is 6.23. The highest BCUT2D eigenvalue weighted by atomic mass is 79.9. The summed E-state index contributed by atoms with van der Waals surface area (Å²) in [5.41, 5.74) is -2.35. The van der Waals surface area contributed by atoms with Crippen molar-refractivity contribution in [2.24, 2.45) is 0 Å². The van der Waals surface area contributed by atoms with Crippen LogP contribution >= 0.6 is 15.9 Å². The summed E-state index contributed by atoms with van der Waals surface area (Å²) in [4.78, 5) is 0.321. The average Bonchev–Trinajstić information content (AvgIpc) is 3.52. The largest absolute Gasteiger partial charge is 0.388 e. The van der Waals surface area contributed by atoms with E-state index in [1.165, 1.54) is 0 Å². The second-order valence-electron chi connectivity index (χ2n) is 14.7. The molecule has 5 aliphatic rings. The molecule has 0 radical (unpaired) electrons. The number of hydrogen-bond acceptors (Lipinski definition) is 6. The van der Waals surface area contributed by atoms with Crippen LogP contribution in [0.3, 0.4) is 0 Å². The topological polar surface area (TPSA) is 66.4 Å². The van der Waals surface area contributed by atoms with E-state index in [1.807, 2.05) is 13.8 Å². The lowest BCUT2D eigenvalue weighted by Gasteiger charge is -2.51. The fourth-order valence-electron chi connectivity index (χ4n) is 7.85. The first kappa shape index (κ1) is 28.8. The first-order chi connectivity index (χ1) is 17.0. The van der Waals surface area contributed by atoms with Gasteiger partial charge in [-0.15, -0.1) is 0 Å². The van der Waals surface area contributed by atoms with Crippen LogP contribution in [0.2, 0.25) is 0 Å². The summed E-state index contributed by atoms with van der Waals surface area (Å²) >= 11 is 3.87.